The van der Waals surface area contributed by atoms with Crippen LogP contribution in [0.5, 0.6) is 0 Å². The first-order valence-electron chi connectivity index (χ1n) is 7.30. The Kier molecular flexibility index (Phi) is 6.65. The van der Waals surface area contributed by atoms with Crippen LogP contribution >= 0.6 is 0 Å². The number of carbonyl (C=O) groups is 1. The number of nitrogens with zero attached hydrogens (tertiary/aromatic N) is 1. The molecule has 18 heavy (non-hydrogen) atoms. The Bertz CT molecular complexity index is 254. The molecule has 1 aliphatic rings. The molecule has 0 aromatic carbocycles. The van der Waals surface area contributed by atoms with E-state index in [-0.39, 0.29) is 24.1 Å². The number of nitrogens with one attached hydrogen (secondary N) is 1. The lowest BCUT2D eigenvalue weighted by Gasteiger charge is -2.31. The maximum atomic E-state index is 12.0. The van der Waals surface area contributed by atoms with Gasteiger partial charge in [-0.3, -0.25) is 4.79 Å². The quantitative estimate of drug-likeness (QED) is 0.758. The Morgan fingerprint density at radius 1 is 1.33 bits per heavy atom. The van der Waals surface area contributed by atoms with E-state index in [0.29, 0.717) is 6.42 Å². The summed E-state index contributed by atoms with van der Waals surface area (Å²) in [5, 5.41) is 13.3. The predicted molar refractivity (Wildman–Crippen MR) is 73.4 cm³/mol. The molecule has 1 aliphatic carbocycles. The molecule has 0 aliphatic heterocycles. The van der Waals surface area contributed by atoms with Crippen LogP contribution in [0.2, 0.25) is 0 Å². The van der Waals surface area contributed by atoms with Crippen molar-refractivity contribution >= 4 is 5.91 Å². The second kappa shape index (κ2) is 7.74. The summed E-state index contributed by atoms with van der Waals surface area (Å²) in [6.07, 6.45) is 4.46. The number of amides is 1. The summed E-state index contributed by atoms with van der Waals surface area (Å²) in [5.41, 5.74) is 0. The van der Waals surface area contributed by atoms with Gasteiger partial charge in [0.2, 0.25) is 5.91 Å². The van der Waals surface area contributed by atoms with Crippen molar-refractivity contribution in [2.45, 2.75) is 71.1 Å². The molecule has 0 heterocycles. The van der Waals surface area contributed by atoms with E-state index in [0.717, 1.165) is 32.4 Å². The highest BCUT2D eigenvalue weighted by molar-refractivity contribution is 5.76. The Hall–Kier alpha value is -0.610. The minimum absolute atomic E-state index is 0.135. The van der Waals surface area contributed by atoms with Crippen LogP contribution in [-0.4, -0.2) is 47.2 Å². The first-order chi connectivity index (χ1) is 8.58. The minimum Gasteiger partial charge on any atom is -0.392 e. The van der Waals surface area contributed by atoms with Gasteiger partial charge in [0.25, 0.3) is 0 Å². The van der Waals surface area contributed by atoms with Crippen molar-refractivity contribution < 1.29 is 9.90 Å². The number of aliphatic hydroxyl groups excluding tert-OH is 1. The van der Waals surface area contributed by atoms with E-state index in [1.807, 2.05) is 25.7 Å². The van der Waals surface area contributed by atoms with Crippen LogP contribution in [-0.2, 0) is 4.79 Å². The summed E-state index contributed by atoms with van der Waals surface area (Å²) in [4.78, 5) is 13.8. The van der Waals surface area contributed by atoms with Crippen LogP contribution < -0.4 is 5.32 Å². The summed E-state index contributed by atoms with van der Waals surface area (Å²) in [5.74, 6) is 0.199. The molecule has 106 valence electrons. The summed E-state index contributed by atoms with van der Waals surface area (Å²) >= 11 is 0. The second-order valence-electron chi connectivity index (χ2n) is 5.30. The van der Waals surface area contributed by atoms with Crippen molar-refractivity contribution in [1.82, 2.24) is 10.2 Å². The van der Waals surface area contributed by atoms with E-state index >= 15 is 0 Å². The van der Waals surface area contributed by atoms with Gasteiger partial charge in [-0.05, 0) is 33.6 Å². The van der Waals surface area contributed by atoms with Crippen LogP contribution in [0.3, 0.4) is 0 Å². The van der Waals surface area contributed by atoms with Crippen LogP contribution in [0.25, 0.3) is 0 Å². The number of hydrogen-bond donors (Lipinski definition) is 2. The normalized spacial score (nSPS) is 25.8. The molecule has 2 N–H and O–H groups in total. The zero-order chi connectivity index (χ0) is 13.5. The summed E-state index contributed by atoms with van der Waals surface area (Å²) in [6, 6.07) is 0.300. The average molecular weight is 256 g/mol. The third kappa shape index (κ3) is 4.58. The minimum atomic E-state index is -0.246. The van der Waals surface area contributed by atoms with Crippen molar-refractivity contribution in [3.05, 3.63) is 0 Å². The molecule has 3 atom stereocenters. The van der Waals surface area contributed by atoms with Gasteiger partial charge in [0.15, 0.2) is 0 Å². The van der Waals surface area contributed by atoms with Crippen LogP contribution in [0, 0.1) is 0 Å². The fraction of sp³-hybridized carbons (Fsp3) is 0.929. The smallest absolute Gasteiger partial charge is 0.224 e. The van der Waals surface area contributed by atoms with E-state index in [4.69, 9.17) is 0 Å². The second-order valence-corrected chi connectivity index (χ2v) is 5.30. The third-order valence-electron chi connectivity index (χ3n) is 3.83. The highest BCUT2D eigenvalue weighted by Gasteiger charge is 2.25. The fourth-order valence-corrected chi connectivity index (χ4v) is 2.70. The Labute approximate surface area is 111 Å². The zero-order valence-corrected chi connectivity index (χ0v) is 12.0. The van der Waals surface area contributed by atoms with Gasteiger partial charge < -0.3 is 15.3 Å². The number of carbonyl (C=O) groups excluding carboxylic acids is 1. The van der Waals surface area contributed by atoms with E-state index in [9.17, 15) is 9.90 Å². The summed E-state index contributed by atoms with van der Waals surface area (Å²) in [7, 11) is 0. The van der Waals surface area contributed by atoms with Crippen LogP contribution in [0.4, 0.5) is 0 Å². The van der Waals surface area contributed by atoms with Crippen molar-refractivity contribution in [2.24, 2.45) is 0 Å². The number of rotatable bonds is 6. The average Bonchev–Trinajstić information content (AvgIpc) is 2.33. The van der Waals surface area contributed by atoms with Crippen molar-refractivity contribution in [1.29, 1.82) is 0 Å². The molecule has 1 rings (SSSR count). The first kappa shape index (κ1) is 15.4. The molecule has 4 heteroatoms. The first-order valence-corrected chi connectivity index (χ1v) is 7.30. The van der Waals surface area contributed by atoms with Gasteiger partial charge in [0.05, 0.1) is 6.10 Å². The molecule has 0 saturated heterocycles. The maximum Gasteiger partial charge on any atom is 0.224 e. The number of hydrogen-bond acceptors (Lipinski definition) is 3. The summed E-state index contributed by atoms with van der Waals surface area (Å²) < 4.78 is 0. The van der Waals surface area contributed by atoms with Gasteiger partial charge in [-0.15, -0.1) is 0 Å². The highest BCUT2D eigenvalue weighted by atomic mass is 16.3. The molecule has 0 aromatic rings. The van der Waals surface area contributed by atoms with Gasteiger partial charge in [0, 0.05) is 31.6 Å². The lowest BCUT2D eigenvalue weighted by molar-refractivity contribution is -0.131. The van der Waals surface area contributed by atoms with Crippen LogP contribution in [0.1, 0.15) is 52.9 Å². The third-order valence-corrected chi connectivity index (χ3v) is 3.83. The fourth-order valence-electron chi connectivity index (χ4n) is 2.70. The van der Waals surface area contributed by atoms with Crippen molar-refractivity contribution in [3.63, 3.8) is 0 Å². The number of aliphatic hydroxyl groups is 1. The monoisotopic (exact) mass is 256 g/mol. The van der Waals surface area contributed by atoms with Gasteiger partial charge >= 0.3 is 0 Å². The lowest BCUT2D eigenvalue weighted by atomic mass is 9.92. The van der Waals surface area contributed by atoms with Gasteiger partial charge in [0.1, 0.15) is 0 Å². The van der Waals surface area contributed by atoms with Gasteiger partial charge in [-0.25, -0.2) is 0 Å². The zero-order valence-electron chi connectivity index (χ0n) is 12.0. The van der Waals surface area contributed by atoms with E-state index in [2.05, 4.69) is 5.32 Å². The summed E-state index contributed by atoms with van der Waals surface area (Å²) in [6.45, 7) is 7.58. The molecule has 0 bridgehead atoms. The van der Waals surface area contributed by atoms with Gasteiger partial charge in [-0.2, -0.15) is 0 Å². The molecule has 1 amide bonds. The maximum absolute atomic E-state index is 12.0. The SMILES string of the molecule is CCN(CC)C(=O)CC(C)NC1CCCCC1O. The van der Waals surface area contributed by atoms with E-state index in [1.54, 1.807) is 0 Å². The molecule has 1 saturated carbocycles. The molecule has 0 spiro atoms. The molecule has 0 aromatic heterocycles. The Morgan fingerprint density at radius 3 is 2.50 bits per heavy atom. The predicted octanol–water partition coefficient (Wildman–Crippen LogP) is 1.53. The highest BCUT2D eigenvalue weighted by Crippen LogP contribution is 2.19. The van der Waals surface area contributed by atoms with Crippen LogP contribution in [0.15, 0.2) is 0 Å². The molecule has 4 nitrogen and oxygen atoms in total. The standard InChI is InChI=1S/C14H28N2O2/c1-4-16(5-2)14(18)10-11(3)15-12-8-6-7-9-13(12)17/h11-13,15,17H,4-10H2,1-3H3. The topological polar surface area (TPSA) is 52.6 Å². The largest absolute Gasteiger partial charge is 0.392 e. The molecular weight excluding hydrogens is 228 g/mol. The van der Waals surface area contributed by atoms with Crippen molar-refractivity contribution in [2.75, 3.05) is 13.1 Å². The van der Waals surface area contributed by atoms with Gasteiger partial charge in [-0.1, -0.05) is 12.8 Å². The Morgan fingerprint density at radius 2 is 1.94 bits per heavy atom. The molecule has 0 radical (unpaired) electrons. The molecule has 1 fully saturated rings. The Balaban J connectivity index is 2.36. The van der Waals surface area contributed by atoms with E-state index < -0.39 is 0 Å². The molecule has 3 unspecified atom stereocenters. The lowest BCUT2D eigenvalue weighted by Crippen LogP contribution is -2.47. The van der Waals surface area contributed by atoms with Crippen molar-refractivity contribution in [3.8, 4) is 0 Å². The molecular formula is C14H28N2O2. The van der Waals surface area contributed by atoms with E-state index in [1.165, 1.54) is 6.42 Å².